The van der Waals surface area contributed by atoms with Gasteiger partial charge in [-0.1, -0.05) is 59.3 Å². The van der Waals surface area contributed by atoms with E-state index in [1.807, 2.05) is 0 Å². The highest BCUT2D eigenvalue weighted by Gasteiger charge is 2.43. The summed E-state index contributed by atoms with van der Waals surface area (Å²) >= 11 is 0. The standard InChI is InChI=1S/C40H46F4N6O4S/c1-7-55(5,6,53)49-39(20-19-26-11-12-26,29-15-13-27(24-45)14-16-29)30-17-18-32(41)33(22-30)47-36(51)34-23-35(40(42,43)44)48-50(34)31-10-8-9-28(21-31)25-46-37(52)54-38(2,3)4/h8-10,13-18,21-23,26H,7,11-12,19-20,25H2,1-6H3,(H,46,52)(H,47,51)(H,49,53)/t39-/m0/s1. The molecule has 0 saturated heterocycles. The van der Waals surface area contributed by atoms with Crippen molar-refractivity contribution < 1.29 is 36.1 Å². The first-order valence-electron chi connectivity index (χ1n) is 17.8. The summed E-state index contributed by atoms with van der Waals surface area (Å²) in [7, 11) is -3.55. The largest absolute Gasteiger partial charge is 0.444 e. The number of aromatic nitrogens is 2. The molecule has 0 radical (unpaired) electrons. The van der Waals surface area contributed by atoms with Crippen LogP contribution >= 0.6 is 0 Å². The van der Waals surface area contributed by atoms with E-state index < -0.39 is 55.8 Å². The summed E-state index contributed by atoms with van der Waals surface area (Å²) in [5.41, 5.74) is -2.04. The number of ether oxygens (including phenoxy) is 1. The number of nitrogens with zero attached hydrogens (tertiary/aromatic N) is 3. The number of nitrogens with one attached hydrogen (secondary N) is 3. The Morgan fingerprint density at radius 1 is 1.00 bits per heavy atom. The lowest BCUT2D eigenvalue weighted by Gasteiger charge is -2.47. The monoisotopic (exact) mass is 782 g/mol. The van der Waals surface area contributed by atoms with Crippen LogP contribution in [0.2, 0.25) is 0 Å². The molecule has 1 aromatic heterocycles. The van der Waals surface area contributed by atoms with Crippen LogP contribution < -0.4 is 15.4 Å². The highest BCUT2D eigenvalue weighted by molar-refractivity contribution is 8.17. The molecule has 10 nitrogen and oxygen atoms in total. The summed E-state index contributed by atoms with van der Waals surface area (Å²) < 4.78 is 81.7. The number of carbonyl (C=O) groups is 2. The number of hydrogen-bond donors (Lipinski definition) is 3. The van der Waals surface area contributed by atoms with Gasteiger partial charge in [0.05, 0.1) is 28.5 Å². The lowest BCUT2D eigenvalue weighted by Crippen LogP contribution is -2.58. The second kappa shape index (κ2) is 15.2. The molecule has 1 atom stereocenters. The minimum Gasteiger partial charge on any atom is -0.444 e. The van der Waals surface area contributed by atoms with Gasteiger partial charge in [0.2, 0.25) is 0 Å². The first-order valence-corrected chi connectivity index (χ1v) is 20.8. The molecule has 0 bridgehead atoms. The van der Waals surface area contributed by atoms with Gasteiger partial charge in [0, 0.05) is 30.9 Å². The fourth-order valence-electron chi connectivity index (χ4n) is 6.13. The van der Waals surface area contributed by atoms with Crippen LogP contribution in [-0.2, 0) is 32.2 Å². The van der Waals surface area contributed by atoms with E-state index in [4.69, 9.17) is 4.74 Å². The van der Waals surface area contributed by atoms with Crippen LogP contribution in [0.3, 0.4) is 0 Å². The Morgan fingerprint density at radius 2 is 1.67 bits per heavy atom. The second-order valence-corrected chi connectivity index (χ2v) is 20.5. The van der Waals surface area contributed by atoms with Crippen molar-refractivity contribution in [3.63, 3.8) is 0 Å². The molecule has 1 saturated carbocycles. The number of rotatable bonds is 13. The van der Waals surface area contributed by atoms with E-state index in [9.17, 15) is 32.2 Å². The average molecular weight is 783 g/mol. The third-order valence-electron chi connectivity index (χ3n) is 9.39. The van der Waals surface area contributed by atoms with Crippen LogP contribution in [0.25, 0.3) is 5.69 Å². The van der Waals surface area contributed by atoms with Crippen molar-refractivity contribution in [2.45, 2.75) is 77.2 Å². The molecule has 294 valence electrons. The smallest absolute Gasteiger partial charge is 0.435 e. The average Bonchev–Trinajstić information content (AvgIpc) is 3.83. The number of alkyl carbamates (subject to hydrolysis) is 1. The number of halogens is 4. The third-order valence-corrected chi connectivity index (χ3v) is 12.1. The summed E-state index contributed by atoms with van der Waals surface area (Å²) in [5.74, 6) is -1.22. The first-order chi connectivity index (χ1) is 25.6. The van der Waals surface area contributed by atoms with Crippen LogP contribution in [0.15, 0.2) is 72.8 Å². The van der Waals surface area contributed by atoms with Gasteiger partial charge in [-0.3, -0.25) is 9.00 Å². The number of anilines is 1. The van der Waals surface area contributed by atoms with Crippen molar-refractivity contribution in [3.8, 4) is 11.8 Å². The highest BCUT2D eigenvalue weighted by Crippen LogP contribution is 2.44. The Bertz CT molecular complexity index is 2180. The number of benzene rings is 3. The molecule has 4 aromatic rings. The van der Waals surface area contributed by atoms with Crippen molar-refractivity contribution in [1.29, 1.82) is 5.26 Å². The first kappa shape index (κ1) is 41.1. The maximum absolute atomic E-state index is 15.7. The minimum absolute atomic E-state index is 0.0354. The zero-order valence-corrected chi connectivity index (χ0v) is 32.5. The molecule has 1 fully saturated rings. The molecular formula is C40H46F4N6O4S. The molecule has 0 unspecified atom stereocenters. The van der Waals surface area contributed by atoms with E-state index in [-0.39, 0.29) is 23.7 Å². The molecule has 0 spiro atoms. The van der Waals surface area contributed by atoms with Gasteiger partial charge in [0.15, 0.2) is 5.69 Å². The Kier molecular flexibility index (Phi) is 11.4. The Labute approximate surface area is 318 Å². The zero-order chi connectivity index (χ0) is 40.4. The van der Waals surface area contributed by atoms with Gasteiger partial charge >= 0.3 is 12.3 Å². The van der Waals surface area contributed by atoms with Crippen LogP contribution in [0.1, 0.15) is 91.8 Å². The summed E-state index contributed by atoms with van der Waals surface area (Å²) in [6.07, 6.45) is 0.925. The van der Waals surface area contributed by atoms with Gasteiger partial charge in [-0.05, 0) is 92.6 Å². The predicted molar refractivity (Wildman–Crippen MR) is 204 cm³/mol. The van der Waals surface area contributed by atoms with E-state index >= 15 is 4.39 Å². The molecule has 55 heavy (non-hydrogen) atoms. The topological polar surface area (TPSA) is 138 Å². The lowest BCUT2D eigenvalue weighted by molar-refractivity contribution is -0.141. The number of amides is 2. The molecule has 2 amide bonds. The highest BCUT2D eigenvalue weighted by atomic mass is 32.3. The summed E-state index contributed by atoms with van der Waals surface area (Å²) in [5, 5.41) is 18.2. The summed E-state index contributed by atoms with van der Waals surface area (Å²) in [6.45, 7) is 6.86. The van der Waals surface area contributed by atoms with Crippen molar-refractivity contribution >= 4 is 26.9 Å². The molecular weight excluding hydrogens is 737 g/mol. The third kappa shape index (κ3) is 10.4. The fourth-order valence-corrected chi connectivity index (χ4v) is 7.70. The van der Waals surface area contributed by atoms with E-state index in [0.717, 1.165) is 30.0 Å². The molecule has 15 heteroatoms. The number of carbonyl (C=O) groups excluding carboxylic acids is 2. The zero-order valence-electron chi connectivity index (χ0n) is 31.6. The Hall–Kier alpha value is -5.07. The Morgan fingerprint density at radius 3 is 2.27 bits per heavy atom. The van der Waals surface area contributed by atoms with E-state index in [0.29, 0.717) is 40.7 Å². The summed E-state index contributed by atoms with van der Waals surface area (Å²) in [4.78, 5) is 26.1. The van der Waals surface area contributed by atoms with Gasteiger partial charge in [0.25, 0.3) is 5.91 Å². The molecule has 1 heterocycles. The maximum atomic E-state index is 15.7. The van der Waals surface area contributed by atoms with Gasteiger partial charge in [-0.15, -0.1) is 0 Å². The molecule has 1 aliphatic rings. The van der Waals surface area contributed by atoms with Gasteiger partial charge in [-0.2, -0.15) is 23.5 Å². The fraction of sp³-hybridized carbons (Fsp3) is 0.400. The molecule has 1 aliphatic carbocycles. The number of alkyl halides is 3. The van der Waals surface area contributed by atoms with Crippen molar-refractivity contribution in [1.82, 2.24) is 19.8 Å². The van der Waals surface area contributed by atoms with Crippen LogP contribution in [-0.4, -0.2) is 49.9 Å². The van der Waals surface area contributed by atoms with Crippen molar-refractivity contribution in [2.24, 2.45) is 5.92 Å². The minimum atomic E-state index is -4.92. The van der Waals surface area contributed by atoms with Crippen molar-refractivity contribution in [2.75, 3.05) is 23.6 Å². The normalized spacial score (nSPS) is 15.3. The van der Waals surface area contributed by atoms with Crippen molar-refractivity contribution in [3.05, 3.63) is 112 Å². The van der Waals surface area contributed by atoms with Gasteiger partial charge in [-0.25, -0.2) is 18.6 Å². The van der Waals surface area contributed by atoms with Crippen LogP contribution in [0.5, 0.6) is 0 Å². The predicted octanol–water partition coefficient (Wildman–Crippen LogP) is 8.22. The van der Waals surface area contributed by atoms with Gasteiger partial charge in [0.1, 0.15) is 17.1 Å². The lowest BCUT2D eigenvalue weighted by atomic mass is 9.79. The van der Waals surface area contributed by atoms with E-state index in [1.165, 1.54) is 30.3 Å². The van der Waals surface area contributed by atoms with Crippen LogP contribution in [0, 0.1) is 23.1 Å². The molecule has 0 aliphatic heterocycles. The summed E-state index contributed by atoms with van der Waals surface area (Å²) in [6, 6.07) is 19.6. The van der Waals surface area contributed by atoms with Gasteiger partial charge < -0.3 is 15.4 Å². The number of hydrogen-bond acceptors (Lipinski definition) is 6. The number of nitriles is 1. The van der Waals surface area contributed by atoms with Crippen LogP contribution in [0.4, 0.5) is 28.0 Å². The van der Waals surface area contributed by atoms with E-state index in [1.54, 1.807) is 70.5 Å². The second-order valence-electron chi connectivity index (χ2n) is 15.5. The molecule has 3 N–H and O–H groups in total. The molecule has 5 rings (SSSR count). The van der Waals surface area contributed by atoms with E-state index in [2.05, 4.69) is 26.5 Å². The quantitative estimate of drug-likeness (QED) is 0.117. The maximum Gasteiger partial charge on any atom is 0.435 e. The Balaban J connectivity index is 1.55. The molecule has 3 aromatic carbocycles. The SMILES string of the molecule is CCS(C)(C)(=O)N[C@@](CCC1CC1)(c1ccc(C#N)cc1)c1ccc(F)c(NC(=O)c2cc(C(F)(F)F)nn2-c2cccc(CNC(=O)OC(C)(C)C)c2)c1.